The maximum Gasteiger partial charge on any atom is 0.446 e. The van der Waals surface area contributed by atoms with Crippen molar-refractivity contribution in [3.8, 4) is 0 Å². The zero-order valence-corrected chi connectivity index (χ0v) is 8.00. The van der Waals surface area contributed by atoms with E-state index in [0.717, 1.165) is 0 Å². The SMILES string of the molecule is FC(F)(F)Sc1ccncc1Br. The summed E-state index contributed by atoms with van der Waals surface area (Å²) in [6.07, 6.45) is 2.65. The highest BCUT2D eigenvalue weighted by atomic mass is 79.9. The summed E-state index contributed by atoms with van der Waals surface area (Å²) < 4.78 is 35.9. The second kappa shape index (κ2) is 3.66. The van der Waals surface area contributed by atoms with Crippen LogP contribution in [0, 0.1) is 0 Å². The Morgan fingerprint density at radius 3 is 2.58 bits per heavy atom. The Balaban J connectivity index is 2.83. The van der Waals surface area contributed by atoms with Gasteiger partial charge in [0.05, 0.1) is 0 Å². The minimum absolute atomic E-state index is 0.123. The van der Waals surface area contributed by atoms with Crippen molar-refractivity contribution < 1.29 is 13.2 Å². The highest BCUT2D eigenvalue weighted by Crippen LogP contribution is 2.39. The Kier molecular flexibility index (Phi) is 3.00. The number of pyridine rings is 1. The zero-order valence-electron chi connectivity index (χ0n) is 5.60. The van der Waals surface area contributed by atoms with Crippen LogP contribution in [-0.4, -0.2) is 10.5 Å². The molecule has 0 radical (unpaired) electrons. The molecule has 0 saturated carbocycles. The lowest BCUT2D eigenvalue weighted by molar-refractivity contribution is -0.0328. The average molecular weight is 258 g/mol. The van der Waals surface area contributed by atoms with Gasteiger partial charge in [0.25, 0.3) is 0 Å². The van der Waals surface area contributed by atoms with Crippen LogP contribution in [-0.2, 0) is 0 Å². The molecule has 0 amide bonds. The predicted molar refractivity (Wildman–Crippen MR) is 43.8 cm³/mol. The summed E-state index contributed by atoms with van der Waals surface area (Å²) in [5, 5.41) is 0. The third-order valence-electron chi connectivity index (χ3n) is 0.961. The molecular formula is C6H3BrF3NS. The van der Waals surface area contributed by atoms with E-state index in [2.05, 4.69) is 20.9 Å². The number of rotatable bonds is 1. The first kappa shape index (κ1) is 9.85. The molecule has 1 rings (SSSR count). The van der Waals surface area contributed by atoms with Gasteiger partial charge in [-0.15, -0.1) is 0 Å². The topological polar surface area (TPSA) is 12.9 Å². The minimum atomic E-state index is -4.25. The molecule has 0 aliphatic rings. The number of nitrogens with zero attached hydrogens (tertiary/aromatic N) is 1. The van der Waals surface area contributed by atoms with Crippen LogP contribution in [0.3, 0.4) is 0 Å². The second-order valence-electron chi connectivity index (χ2n) is 1.85. The fourth-order valence-electron chi connectivity index (χ4n) is 0.570. The van der Waals surface area contributed by atoms with Crippen molar-refractivity contribution >= 4 is 27.7 Å². The summed E-state index contributed by atoms with van der Waals surface area (Å²) in [6, 6.07) is 1.31. The van der Waals surface area contributed by atoms with Gasteiger partial charge in [0, 0.05) is 21.8 Å². The Labute approximate surface area is 79.5 Å². The molecule has 0 aromatic carbocycles. The standard InChI is InChI=1S/C6H3BrF3NS/c7-4-3-11-2-1-5(4)12-6(8,9)10/h1-3H. The fraction of sp³-hybridized carbons (Fsp3) is 0.167. The number of hydrogen-bond donors (Lipinski definition) is 0. The van der Waals surface area contributed by atoms with Gasteiger partial charge in [-0.1, -0.05) is 0 Å². The van der Waals surface area contributed by atoms with E-state index in [1.54, 1.807) is 0 Å². The highest BCUT2D eigenvalue weighted by molar-refractivity contribution is 9.10. The van der Waals surface area contributed by atoms with Gasteiger partial charge in [-0.25, -0.2) is 0 Å². The summed E-state index contributed by atoms with van der Waals surface area (Å²) in [5.41, 5.74) is -4.25. The van der Waals surface area contributed by atoms with Gasteiger partial charge >= 0.3 is 5.51 Å². The molecule has 1 heterocycles. The number of alkyl halides is 3. The van der Waals surface area contributed by atoms with Gasteiger partial charge in [0.15, 0.2) is 0 Å². The van der Waals surface area contributed by atoms with Crippen molar-refractivity contribution in [3.63, 3.8) is 0 Å². The van der Waals surface area contributed by atoms with Crippen LogP contribution in [0.1, 0.15) is 0 Å². The number of thioether (sulfide) groups is 1. The average Bonchev–Trinajstić information content (AvgIpc) is 1.91. The van der Waals surface area contributed by atoms with E-state index in [0.29, 0.717) is 4.47 Å². The second-order valence-corrected chi connectivity index (χ2v) is 3.82. The summed E-state index contributed by atoms with van der Waals surface area (Å²) in [6.45, 7) is 0. The van der Waals surface area contributed by atoms with Crippen molar-refractivity contribution in [2.75, 3.05) is 0 Å². The lowest BCUT2D eigenvalue weighted by atomic mass is 10.5. The maximum atomic E-state index is 11.8. The smallest absolute Gasteiger partial charge is 0.263 e. The van der Waals surface area contributed by atoms with Crippen LogP contribution in [0.15, 0.2) is 27.8 Å². The molecule has 0 unspecified atom stereocenters. The first-order chi connectivity index (χ1) is 5.49. The highest BCUT2D eigenvalue weighted by Gasteiger charge is 2.29. The van der Waals surface area contributed by atoms with E-state index < -0.39 is 5.51 Å². The summed E-state index contributed by atoms with van der Waals surface area (Å²) in [5.74, 6) is 0. The molecular weight excluding hydrogens is 255 g/mol. The molecule has 1 aromatic rings. The quantitative estimate of drug-likeness (QED) is 0.715. The third-order valence-corrected chi connectivity index (χ3v) is 2.66. The van der Waals surface area contributed by atoms with Gasteiger partial charge < -0.3 is 0 Å². The van der Waals surface area contributed by atoms with Crippen LogP contribution in [0.2, 0.25) is 0 Å². The van der Waals surface area contributed by atoms with Crippen LogP contribution in [0.5, 0.6) is 0 Å². The minimum Gasteiger partial charge on any atom is -0.263 e. The summed E-state index contributed by atoms with van der Waals surface area (Å²) >= 11 is 2.81. The maximum absolute atomic E-state index is 11.8. The van der Waals surface area contributed by atoms with Crippen molar-refractivity contribution in [2.24, 2.45) is 0 Å². The molecule has 6 heteroatoms. The van der Waals surface area contributed by atoms with Gasteiger partial charge in [0.1, 0.15) is 0 Å². The Morgan fingerprint density at radius 1 is 1.42 bits per heavy atom. The lowest BCUT2D eigenvalue weighted by Gasteiger charge is -2.05. The van der Waals surface area contributed by atoms with Crippen LogP contribution in [0.4, 0.5) is 13.2 Å². The molecule has 1 nitrogen and oxygen atoms in total. The molecule has 1 aromatic heterocycles. The Morgan fingerprint density at radius 2 is 2.08 bits per heavy atom. The van der Waals surface area contributed by atoms with Crippen molar-refractivity contribution in [2.45, 2.75) is 10.4 Å². The van der Waals surface area contributed by atoms with Crippen molar-refractivity contribution in [3.05, 3.63) is 22.9 Å². The molecule has 0 atom stereocenters. The van der Waals surface area contributed by atoms with Gasteiger partial charge in [-0.3, -0.25) is 4.98 Å². The third kappa shape index (κ3) is 3.02. The molecule has 66 valence electrons. The molecule has 0 aliphatic heterocycles. The lowest BCUT2D eigenvalue weighted by Crippen LogP contribution is -1.99. The van der Waals surface area contributed by atoms with Crippen LogP contribution < -0.4 is 0 Å². The summed E-state index contributed by atoms with van der Waals surface area (Å²) in [4.78, 5) is 3.77. The molecule has 0 saturated heterocycles. The number of aromatic nitrogens is 1. The first-order valence-electron chi connectivity index (χ1n) is 2.84. The Bertz CT molecular complexity index is 276. The van der Waals surface area contributed by atoms with Crippen molar-refractivity contribution in [1.29, 1.82) is 0 Å². The normalized spacial score (nSPS) is 11.7. The van der Waals surface area contributed by atoms with Gasteiger partial charge in [-0.2, -0.15) is 13.2 Å². The largest absolute Gasteiger partial charge is 0.446 e. The zero-order chi connectivity index (χ0) is 9.19. The van der Waals surface area contributed by atoms with E-state index in [9.17, 15) is 13.2 Å². The van der Waals surface area contributed by atoms with Crippen LogP contribution in [0.25, 0.3) is 0 Å². The first-order valence-corrected chi connectivity index (χ1v) is 4.45. The van der Waals surface area contributed by atoms with E-state index in [4.69, 9.17) is 0 Å². The molecule has 0 N–H and O–H groups in total. The van der Waals surface area contributed by atoms with Gasteiger partial charge in [-0.05, 0) is 33.8 Å². The van der Waals surface area contributed by atoms with E-state index in [-0.39, 0.29) is 16.7 Å². The van der Waals surface area contributed by atoms with E-state index in [1.165, 1.54) is 18.5 Å². The molecule has 0 fully saturated rings. The van der Waals surface area contributed by atoms with E-state index in [1.807, 2.05) is 0 Å². The molecule has 12 heavy (non-hydrogen) atoms. The van der Waals surface area contributed by atoms with Crippen molar-refractivity contribution in [1.82, 2.24) is 4.98 Å². The van der Waals surface area contributed by atoms with Gasteiger partial charge in [0.2, 0.25) is 0 Å². The molecule has 0 spiro atoms. The fourth-order valence-corrected chi connectivity index (χ4v) is 1.59. The summed E-state index contributed by atoms with van der Waals surface area (Å²) in [7, 11) is 0. The molecule has 0 aliphatic carbocycles. The predicted octanol–water partition coefficient (Wildman–Crippen LogP) is 3.46. The number of hydrogen-bond acceptors (Lipinski definition) is 2. The monoisotopic (exact) mass is 257 g/mol. The Hall–Kier alpha value is -0.230. The molecule has 0 bridgehead atoms. The number of halogens is 4. The van der Waals surface area contributed by atoms with E-state index >= 15 is 0 Å². The van der Waals surface area contributed by atoms with Crippen LogP contribution >= 0.6 is 27.7 Å².